The summed E-state index contributed by atoms with van der Waals surface area (Å²) in [6.45, 7) is 11.9. The number of nitrogens with zero attached hydrogens (tertiary/aromatic N) is 5. The predicted octanol–water partition coefficient (Wildman–Crippen LogP) is 4.38. The summed E-state index contributed by atoms with van der Waals surface area (Å²) in [5.74, 6) is 0.511. The third-order valence-electron chi connectivity index (χ3n) is 8.04. The maximum atomic E-state index is 13.2. The summed E-state index contributed by atoms with van der Waals surface area (Å²) in [5, 5.41) is 29.5. The highest BCUT2D eigenvalue weighted by atomic mass is 16.5. The second kappa shape index (κ2) is 15.5. The minimum Gasteiger partial charge on any atom is -0.496 e. The number of rotatable bonds is 15. The Morgan fingerprint density at radius 3 is 2.56 bits per heavy atom. The van der Waals surface area contributed by atoms with E-state index in [0.717, 1.165) is 49.0 Å². The van der Waals surface area contributed by atoms with Crippen LogP contribution in [0.3, 0.4) is 0 Å². The number of methoxy groups -OCH3 is 1. The third-order valence-corrected chi connectivity index (χ3v) is 8.04. The molecule has 3 N–H and O–H groups in total. The monoisotopic (exact) mass is 615 g/mol. The standard InChI is InChI=1S/C34H45N7O4/c1-7-11-12-23(8-2)33(43)36-25-14-16-29(45-6)27(21-25)31-37-38-32-28(30(39-41(31)32)34(44)35-9-3)20-24-13-15-26(19-22(24)5)40(10-4)17-18-42/h13-16,19-21,23,42H,7-12,17-18H2,1-6H3,(H,35,44)(H,36,43)/b28-20-. The van der Waals surface area contributed by atoms with E-state index in [-0.39, 0.29) is 30.0 Å². The average Bonchev–Trinajstić information content (AvgIpc) is 3.61. The third kappa shape index (κ3) is 7.42. The number of ether oxygens (including phenoxy) is 1. The fourth-order valence-electron chi connectivity index (χ4n) is 5.46. The normalized spacial score (nSPS) is 12.4. The molecular formula is C34H45N7O4. The Hall–Kier alpha value is -4.51. The summed E-state index contributed by atoms with van der Waals surface area (Å²) < 4.78 is 7.22. The molecule has 2 aromatic heterocycles. The van der Waals surface area contributed by atoms with Gasteiger partial charge in [-0.3, -0.25) is 9.59 Å². The minimum absolute atomic E-state index is 0.0184. The zero-order valence-corrected chi connectivity index (χ0v) is 27.2. The number of aliphatic hydroxyl groups excluding tert-OH is 1. The highest BCUT2D eigenvalue weighted by Gasteiger charge is 2.23. The number of aromatic nitrogens is 4. The number of carbonyl (C=O) groups is 2. The number of hydrogen-bond donors (Lipinski definition) is 3. The maximum Gasteiger partial charge on any atom is 0.272 e. The van der Waals surface area contributed by atoms with Crippen molar-refractivity contribution >= 4 is 34.9 Å². The van der Waals surface area contributed by atoms with Crippen LogP contribution in [0.2, 0.25) is 0 Å². The zero-order chi connectivity index (χ0) is 32.5. The van der Waals surface area contributed by atoms with Crippen LogP contribution in [0.25, 0.3) is 23.1 Å². The van der Waals surface area contributed by atoms with Crippen LogP contribution in [0.15, 0.2) is 36.4 Å². The van der Waals surface area contributed by atoms with E-state index in [9.17, 15) is 14.7 Å². The van der Waals surface area contributed by atoms with E-state index in [2.05, 4.69) is 43.8 Å². The first kappa shape index (κ1) is 33.4. The van der Waals surface area contributed by atoms with Crippen LogP contribution in [0.4, 0.5) is 11.4 Å². The van der Waals surface area contributed by atoms with Crippen LogP contribution >= 0.6 is 0 Å². The summed E-state index contributed by atoms with van der Waals surface area (Å²) in [7, 11) is 1.57. The molecule has 0 saturated carbocycles. The number of unbranched alkanes of at least 4 members (excludes halogenated alkanes) is 1. The van der Waals surface area contributed by atoms with Gasteiger partial charge in [0.1, 0.15) is 5.75 Å². The summed E-state index contributed by atoms with van der Waals surface area (Å²) in [6, 6.07) is 11.4. The van der Waals surface area contributed by atoms with Crippen LogP contribution < -0.4 is 25.5 Å². The van der Waals surface area contributed by atoms with Gasteiger partial charge in [0.05, 0.1) is 24.5 Å². The molecule has 11 nitrogen and oxygen atoms in total. The molecule has 0 spiro atoms. The number of amides is 2. The first-order chi connectivity index (χ1) is 21.8. The van der Waals surface area contributed by atoms with Gasteiger partial charge in [0.25, 0.3) is 5.91 Å². The second-order valence-electron chi connectivity index (χ2n) is 11.0. The Bertz CT molecular complexity index is 1680. The van der Waals surface area contributed by atoms with Gasteiger partial charge in [-0.1, -0.05) is 32.8 Å². The molecule has 4 rings (SSSR count). The molecule has 11 heteroatoms. The van der Waals surface area contributed by atoms with E-state index < -0.39 is 0 Å². The van der Waals surface area contributed by atoms with Crippen LogP contribution in [0, 0.1) is 12.8 Å². The summed E-state index contributed by atoms with van der Waals surface area (Å²) in [5.41, 5.74) is 4.76. The lowest BCUT2D eigenvalue weighted by Crippen LogP contribution is -2.28. The number of likely N-dealkylation sites (N-methyl/N-ethyl adjacent to an activating group) is 1. The van der Waals surface area contributed by atoms with Crippen LogP contribution in [0.5, 0.6) is 5.75 Å². The van der Waals surface area contributed by atoms with Crippen molar-refractivity contribution in [2.24, 2.45) is 5.92 Å². The number of nitrogens with one attached hydrogen (secondary N) is 2. The van der Waals surface area contributed by atoms with Gasteiger partial charge in [-0.2, -0.15) is 9.61 Å². The SMILES string of the molecule is CCCCC(CC)C(=O)Nc1ccc(OC)c(-c2nnc3/c(=C\c4ccc(N(CC)CCO)cc4C)c(C(=O)NCC)nn23)c1. The molecule has 2 aromatic carbocycles. The zero-order valence-electron chi connectivity index (χ0n) is 27.2. The van der Waals surface area contributed by atoms with Crippen molar-refractivity contribution < 1.29 is 19.4 Å². The number of fused-ring (bicyclic) bond motifs is 1. The molecule has 240 valence electrons. The number of hydrogen-bond acceptors (Lipinski definition) is 8. The first-order valence-corrected chi connectivity index (χ1v) is 15.8. The van der Waals surface area contributed by atoms with E-state index in [1.807, 2.05) is 45.9 Å². The molecule has 2 heterocycles. The molecule has 45 heavy (non-hydrogen) atoms. The lowest BCUT2D eigenvalue weighted by atomic mass is 9.98. The molecular weight excluding hydrogens is 570 g/mol. The highest BCUT2D eigenvalue weighted by molar-refractivity contribution is 5.95. The summed E-state index contributed by atoms with van der Waals surface area (Å²) >= 11 is 0. The smallest absolute Gasteiger partial charge is 0.272 e. The fourth-order valence-corrected chi connectivity index (χ4v) is 5.46. The highest BCUT2D eigenvalue weighted by Crippen LogP contribution is 2.32. The van der Waals surface area contributed by atoms with Crippen molar-refractivity contribution in [1.29, 1.82) is 0 Å². The molecule has 1 unspecified atom stereocenters. The largest absolute Gasteiger partial charge is 0.496 e. The second-order valence-corrected chi connectivity index (χ2v) is 11.0. The van der Waals surface area contributed by atoms with Gasteiger partial charge in [0, 0.05) is 36.9 Å². The molecule has 0 aliphatic heterocycles. The molecule has 2 amide bonds. The molecule has 1 atom stereocenters. The molecule has 0 saturated heterocycles. The van der Waals surface area contributed by atoms with Gasteiger partial charge in [0.15, 0.2) is 17.2 Å². The van der Waals surface area contributed by atoms with Crippen molar-refractivity contribution in [2.75, 3.05) is 43.6 Å². The van der Waals surface area contributed by atoms with E-state index in [1.165, 1.54) is 0 Å². The number of aryl methyl sites for hydroxylation is 1. The Labute approximate surface area is 264 Å². The van der Waals surface area contributed by atoms with Crippen molar-refractivity contribution in [2.45, 2.75) is 60.3 Å². The average molecular weight is 616 g/mol. The van der Waals surface area contributed by atoms with Gasteiger partial charge in [0.2, 0.25) is 5.91 Å². The summed E-state index contributed by atoms with van der Waals surface area (Å²) in [4.78, 5) is 28.4. The minimum atomic E-state index is -0.319. The Morgan fingerprint density at radius 2 is 1.91 bits per heavy atom. The summed E-state index contributed by atoms with van der Waals surface area (Å²) in [6.07, 6.45) is 5.55. The lowest BCUT2D eigenvalue weighted by molar-refractivity contribution is -0.120. The van der Waals surface area contributed by atoms with Gasteiger partial charge < -0.3 is 25.4 Å². The number of aliphatic hydroxyl groups is 1. The van der Waals surface area contributed by atoms with Crippen LogP contribution in [-0.4, -0.2) is 70.1 Å². The Morgan fingerprint density at radius 1 is 1.11 bits per heavy atom. The van der Waals surface area contributed by atoms with Crippen molar-refractivity contribution in [3.05, 3.63) is 58.4 Å². The van der Waals surface area contributed by atoms with Crippen molar-refractivity contribution in [3.63, 3.8) is 0 Å². The van der Waals surface area contributed by atoms with Crippen LogP contribution in [-0.2, 0) is 4.79 Å². The molecule has 4 aromatic rings. The quantitative estimate of drug-likeness (QED) is 0.179. The van der Waals surface area contributed by atoms with E-state index in [1.54, 1.807) is 29.8 Å². The molecule has 0 fully saturated rings. The topological polar surface area (TPSA) is 134 Å². The first-order valence-electron chi connectivity index (χ1n) is 15.8. The molecule has 0 radical (unpaired) electrons. The molecule has 0 aliphatic rings. The maximum absolute atomic E-state index is 13.2. The number of anilines is 2. The van der Waals surface area contributed by atoms with Crippen molar-refractivity contribution in [1.82, 2.24) is 25.1 Å². The number of benzene rings is 2. The van der Waals surface area contributed by atoms with Gasteiger partial charge in [-0.15, -0.1) is 10.2 Å². The predicted molar refractivity (Wildman–Crippen MR) is 178 cm³/mol. The lowest BCUT2D eigenvalue weighted by Gasteiger charge is -2.22. The fraction of sp³-hybridized carbons (Fsp3) is 0.441. The Kier molecular flexibility index (Phi) is 11.5. The molecule has 0 bridgehead atoms. The van der Waals surface area contributed by atoms with E-state index in [4.69, 9.17) is 4.74 Å². The van der Waals surface area contributed by atoms with Gasteiger partial charge in [-0.25, -0.2) is 0 Å². The number of carbonyl (C=O) groups excluding carboxylic acids is 2. The van der Waals surface area contributed by atoms with Crippen molar-refractivity contribution in [3.8, 4) is 17.1 Å². The van der Waals surface area contributed by atoms with Crippen LogP contribution in [0.1, 0.15) is 75.0 Å². The van der Waals surface area contributed by atoms with E-state index in [0.29, 0.717) is 46.8 Å². The van der Waals surface area contributed by atoms with E-state index >= 15 is 0 Å². The Balaban J connectivity index is 1.81. The van der Waals surface area contributed by atoms with Gasteiger partial charge in [-0.05, 0) is 81.1 Å². The van der Waals surface area contributed by atoms with Gasteiger partial charge >= 0.3 is 0 Å². The molecule has 0 aliphatic carbocycles.